The maximum absolute atomic E-state index is 11.2. The highest BCUT2D eigenvalue weighted by Gasteiger charge is 2.10. The van der Waals surface area contributed by atoms with Crippen molar-refractivity contribution in [2.45, 2.75) is 20.0 Å². The lowest BCUT2D eigenvalue weighted by Gasteiger charge is -2.12. The molecule has 0 aromatic heterocycles. The first-order valence-electron chi connectivity index (χ1n) is 4.83. The number of carbonyl (C=O) groups is 1. The largest absolute Gasteiger partial charge is 0.493 e. The van der Waals surface area contributed by atoms with Crippen LogP contribution in [0.1, 0.15) is 24.2 Å². The van der Waals surface area contributed by atoms with Gasteiger partial charge in [0, 0.05) is 5.56 Å². The molecule has 0 radical (unpaired) electrons. The van der Waals surface area contributed by atoms with E-state index in [0.717, 1.165) is 0 Å². The molecule has 4 heteroatoms. The van der Waals surface area contributed by atoms with E-state index in [1.807, 2.05) is 6.07 Å². The summed E-state index contributed by atoms with van der Waals surface area (Å²) in [4.78, 5) is 11.2. The van der Waals surface area contributed by atoms with Crippen LogP contribution in [0.2, 0.25) is 0 Å². The van der Waals surface area contributed by atoms with Gasteiger partial charge in [-0.2, -0.15) is 5.26 Å². The van der Waals surface area contributed by atoms with E-state index < -0.39 is 6.10 Å². The summed E-state index contributed by atoms with van der Waals surface area (Å²) in [5.74, 6) is 0.870. The third-order valence-corrected chi connectivity index (χ3v) is 2.06. The SMILES string of the molecule is COc1cc(C(C)=O)ccc1OC(C)C#N. The number of nitrogens with zero attached hydrogens (tertiary/aromatic N) is 1. The molecule has 1 unspecified atom stereocenters. The van der Waals surface area contributed by atoms with Crippen LogP contribution in [0, 0.1) is 11.3 Å². The lowest BCUT2D eigenvalue weighted by Crippen LogP contribution is -2.09. The number of ketones is 1. The van der Waals surface area contributed by atoms with E-state index in [-0.39, 0.29) is 5.78 Å². The fourth-order valence-electron chi connectivity index (χ4n) is 1.20. The monoisotopic (exact) mass is 219 g/mol. The van der Waals surface area contributed by atoms with E-state index in [1.165, 1.54) is 14.0 Å². The summed E-state index contributed by atoms with van der Waals surface area (Å²) < 4.78 is 10.4. The second-order valence-corrected chi connectivity index (χ2v) is 3.31. The molecule has 84 valence electrons. The lowest BCUT2D eigenvalue weighted by atomic mass is 10.1. The fourth-order valence-corrected chi connectivity index (χ4v) is 1.20. The molecule has 0 saturated carbocycles. The summed E-state index contributed by atoms with van der Waals surface area (Å²) in [6.07, 6.45) is -0.558. The van der Waals surface area contributed by atoms with Crippen LogP contribution >= 0.6 is 0 Å². The minimum absolute atomic E-state index is 0.0434. The Kier molecular flexibility index (Phi) is 3.90. The Balaban J connectivity index is 3.03. The van der Waals surface area contributed by atoms with Crippen molar-refractivity contribution < 1.29 is 14.3 Å². The summed E-state index contributed by atoms with van der Waals surface area (Å²) in [5, 5.41) is 8.63. The number of hydrogen-bond donors (Lipinski definition) is 0. The Morgan fingerprint density at radius 1 is 1.44 bits per heavy atom. The second-order valence-electron chi connectivity index (χ2n) is 3.31. The van der Waals surface area contributed by atoms with Gasteiger partial charge in [0.25, 0.3) is 0 Å². The van der Waals surface area contributed by atoms with E-state index in [1.54, 1.807) is 25.1 Å². The van der Waals surface area contributed by atoms with Crippen LogP contribution in [0.5, 0.6) is 11.5 Å². The molecule has 0 spiro atoms. The quantitative estimate of drug-likeness (QED) is 0.728. The van der Waals surface area contributed by atoms with Crippen molar-refractivity contribution in [1.29, 1.82) is 5.26 Å². The summed E-state index contributed by atoms with van der Waals surface area (Å²) in [6.45, 7) is 3.12. The molecule has 0 aliphatic rings. The Morgan fingerprint density at radius 3 is 2.62 bits per heavy atom. The molecule has 1 atom stereocenters. The first-order valence-corrected chi connectivity index (χ1v) is 4.83. The number of Topliss-reactive ketones (excluding diaryl/α,β-unsaturated/α-hetero) is 1. The topological polar surface area (TPSA) is 59.3 Å². The van der Waals surface area contributed by atoms with Crippen LogP contribution in [0.15, 0.2) is 18.2 Å². The minimum atomic E-state index is -0.558. The number of rotatable bonds is 4. The van der Waals surface area contributed by atoms with E-state index in [2.05, 4.69) is 0 Å². The summed E-state index contributed by atoms with van der Waals surface area (Å²) in [5.41, 5.74) is 0.550. The van der Waals surface area contributed by atoms with Crippen LogP contribution in [-0.2, 0) is 0 Å². The number of benzene rings is 1. The molecule has 1 aromatic rings. The molecule has 0 amide bonds. The van der Waals surface area contributed by atoms with Gasteiger partial charge in [-0.25, -0.2) is 0 Å². The normalized spacial score (nSPS) is 11.4. The van der Waals surface area contributed by atoms with Gasteiger partial charge in [0.15, 0.2) is 23.4 Å². The van der Waals surface area contributed by atoms with Crippen molar-refractivity contribution in [3.8, 4) is 17.6 Å². The number of nitriles is 1. The molecule has 0 aliphatic heterocycles. The fraction of sp³-hybridized carbons (Fsp3) is 0.333. The Morgan fingerprint density at radius 2 is 2.12 bits per heavy atom. The molecule has 0 bridgehead atoms. The molecule has 16 heavy (non-hydrogen) atoms. The van der Waals surface area contributed by atoms with Crippen molar-refractivity contribution in [3.63, 3.8) is 0 Å². The van der Waals surface area contributed by atoms with E-state index >= 15 is 0 Å². The summed E-state index contributed by atoms with van der Waals surface area (Å²) in [6, 6.07) is 6.83. The second kappa shape index (κ2) is 5.17. The van der Waals surface area contributed by atoms with Crippen molar-refractivity contribution in [2.24, 2.45) is 0 Å². The number of ether oxygens (including phenoxy) is 2. The molecular weight excluding hydrogens is 206 g/mol. The van der Waals surface area contributed by atoms with Gasteiger partial charge in [-0.05, 0) is 32.0 Å². The third-order valence-electron chi connectivity index (χ3n) is 2.06. The minimum Gasteiger partial charge on any atom is -0.493 e. The van der Waals surface area contributed by atoms with Crippen LogP contribution in [-0.4, -0.2) is 19.0 Å². The molecule has 0 N–H and O–H groups in total. The Hall–Kier alpha value is -2.02. The van der Waals surface area contributed by atoms with E-state index in [4.69, 9.17) is 14.7 Å². The average molecular weight is 219 g/mol. The predicted octanol–water partition coefficient (Wildman–Crippen LogP) is 2.19. The van der Waals surface area contributed by atoms with Crippen LogP contribution in [0.25, 0.3) is 0 Å². The average Bonchev–Trinajstić information content (AvgIpc) is 2.29. The highest BCUT2D eigenvalue weighted by atomic mass is 16.5. The van der Waals surface area contributed by atoms with Crippen LogP contribution in [0.3, 0.4) is 0 Å². The number of carbonyl (C=O) groups excluding carboxylic acids is 1. The summed E-state index contributed by atoms with van der Waals surface area (Å²) >= 11 is 0. The maximum atomic E-state index is 11.2. The van der Waals surface area contributed by atoms with Crippen LogP contribution in [0.4, 0.5) is 0 Å². The zero-order valence-corrected chi connectivity index (χ0v) is 9.48. The molecule has 0 aliphatic carbocycles. The number of hydrogen-bond acceptors (Lipinski definition) is 4. The molecule has 0 fully saturated rings. The zero-order valence-electron chi connectivity index (χ0n) is 9.48. The Bertz CT molecular complexity index is 434. The van der Waals surface area contributed by atoms with Gasteiger partial charge < -0.3 is 9.47 Å². The Labute approximate surface area is 94.4 Å². The van der Waals surface area contributed by atoms with Gasteiger partial charge in [-0.1, -0.05) is 0 Å². The molecule has 4 nitrogen and oxygen atoms in total. The molecular formula is C12H13NO3. The van der Waals surface area contributed by atoms with Crippen LogP contribution < -0.4 is 9.47 Å². The first kappa shape index (κ1) is 12.1. The molecule has 1 aromatic carbocycles. The molecule has 1 rings (SSSR count). The van der Waals surface area contributed by atoms with Gasteiger partial charge in [-0.15, -0.1) is 0 Å². The molecule has 0 heterocycles. The number of methoxy groups -OCH3 is 1. The zero-order chi connectivity index (χ0) is 12.1. The molecule has 0 saturated heterocycles. The van der Waals surface area contributed by atoms with Crippen molar-refractivity contribution >= 4 is 5.78 Å². The highest BCUT2D eigenvalue weighted by Crippen LogP contribution is 2.28. The predicted molar refractivity (Wildman–Crippen MR) is 58.7 cm³/mol. The van der Waals surface area contributed by atoms with Gasteiger partial charge in [0.2, 0.25) is 0 Å². The van der Waals surface area contributed by atoms with Gasteiger partial charge in [0.05, 0.1) is 7.11 Å². The lowest BCUT2D eigenvalue weighted by molar-refractivity contribution is 0.101. The first-order chi connectivity index (χ1) is 7.58. The summed E-state index contributed by atoms with van der Waals surface area (Å²) in [7, 11) is 1.49. The van der Waals surface area contributed by atoms with Crippen molar-refractivity contribution in [2.75, 3.05) is 7.11 Å². The standard InChI is InChI=1S/C12H13NO3/c1-8(7-13)16-11-5-4-10(9(2)14)6-12(11)15-3/h4-6,8H,1-3H3. The van der Waals surface area contributed by atoms with Gasteiger partial charge in [-0.3, -0.25) is 4.79 Å². The third kappa shape index (κ3) is 2.74. The van der Waals surface area contributed by atoms with Gasteiger partial charge >= 0.3 is 0 Å². The highest BCUT2D eigenvalue weighted by molar-refractivity contribution is 5.94. The smallest absolute Gasteiger partial charge is 0.181 e. The maximum Gasteiger partial charge on any atom is 0.181 e. The van der Waals surface area contributed by atoms with E-state index in [9.17, 15) is 4.79 Å². The van der Waals surface area contributed by atoms with Crippen molar-refractivity contribution in [1.82, 2.24) is 0 Å². The van der Waals surface area contributed by atoms with E-state index in [0.29, 0.717) is 17.1 Å². The van der Waals surface area contributed by atoms with Crippen molar-refractivity contribution in [3.05, 3.63) is 23.8 Å². The van der Waals surface area contributed by atoms with Gasteiger partial charge in [0.1, 0.15) is 6.07 Å².